The first-order valence-corrected chi connectivity index (χ1v) is 6.50. The normalized spacial score (nSPS) is 11.3. The fraction of sp³-hybridized carbons (Fsp3) is 0.364. The highest BCUT2D eigenvalue weighted by Gasteiger charge is 2.15. The number of para-hydroxylation sites is 1. The van der Waals surface area contributed by atoms with Crippen LogP contribution in [0.1, 0.15) is 0 Å². The van der Waals surface area contributed by atoms with Crippen molar-refractivity contribution in [3.05, 3.63) is 24.3 Å². The Balaban J connectivity index is 2.27. The van der Waals surface area contributed by atoms with Crippen LogP contribution in [0.15, 0.2) is 24.3 Å². The maximum atomic E-state index is 12.4. The molecule has 1 aromatic carbocycles. The summed E-state index contributed by atoms with van der Waals surface area (Å²) in [5.74, 6) is 0.308. The molecule has 2 nitrogen and oxygen atoms in total. The minimum atomic E-state index is -2.38. The Labute approximate surface area is 107 Å². The van der Waals surface area contributed by atoms with Crippen LogP contribution < -0.4 is 4.90 Å². The van der Waals surface area contributed by atoms with Crippen molar-refractivity contribution >= 4 is 38.3 Å². The van der Waals surface area contributed by atoms with Crippen LogP contribution in [0.3, 0.4) is 0 Å². The van der Waals surface area contributed by atoms with E-state index in [0.717, 1.165) is 10.2 Å². The third-order valence-electron chi connectivity index (χ3n) is 2.27. The van der Waals surface area contributed by atoms with Crippen LogP contribution in [0, 0.1) is 0 Å². The zero-order valence-corrected chi connectivity index (χ0v) is 10.5. The van der Waals surface area contributed by atoms with E-state index < -0.39 is 6.43 Å². The molecular weight excluding hydrogens is 266 g/mol. The van der Waals surface area contributed by atoms with E-state index in [1.165, 1.54) is 16.2 Å². The first-order valence-electron chi connectivity index (χ1n) is 5.15. The molecule has 0 spiro atoms. The predicted molar refractivity (Wildman–Crippen MR) is 68.6 cm³/mol. The van der Waals surface area contributed by atoms with Gasteiger partial charge in [-0.3, -0.25) is 0 Å². The number of aromatic nitrogens is 1. The van der Waals surface area contributed by atoms with Crippen molar-refractivity contribution in [2.75, 3.05) is 23.9 Å². The number of halogens is 3. The van der Waals surface area contributed by atoms with E-state index >= 15 is 0 Å². The molecule has 2 rings (SSSR count). The zero-order valence-electron chi connectivity index (χ0n) is 8.94. The molecule has 1 aromatic heterocycles. The van der Waals surface area contributed by atoms with Crippen LogP contribution in [0.2, 0.25) is 0 Å². The average molecular weight is 277 g/mol. The molecule has 0 aliphatic carbocycles. The second kappa shape index (κ2) is 5.60. The number of hydrogen-bond donors (Lipinski definition) is 0. The summed E-state index contributed by atoms with van der Waals surface area (Å²) in [6.07, 6.45) is -2.38. The second-order valence-corrected chi connectivity index (χ2v) is 4.88. The monoisotopic (exact) mass is 276 g/mol. The molecule has 92 valence electrons. The van der Waals surface area contributed by atoms with Gasteiger partial charge in [-0.2, -0.15) is 0 Å². The van der Waals surface area contributed by atoms with Gasteiger partial charge in [0.05, 0.1) is 16.8 Å². The topological polar surface area (TPSA) is 16.1 Å². The Morgan fingerprint density at radius 2 is 2.12 bits per heavy atom. The van der Waals surface area contributed by atoms with E-state index in [0.29, 0.717) is 17.6 Å². The Kier molecular flexibility index (Phi) is 4.12. The summed E-state index contributed by atoms with van der Waals surface area (Å²) in [5.41, 5.74) is 0.835. The third kappa shape index (κ3) is 3.04. The van der Waals surface area contributed by atoms with Crippen molar-refractivity contribution in [1.82, 2.24) is 4.98 Å². The van der Waals surface area contributed by atoms with E-state index in [4.69, 9.17) is 11.6 Å². The largest absolute Gasteiger partial charge is 0.341 e. The van der Waals surface area contributed by atoms with Crippen molar-refractivity contribution in [2.24, 2.45) is 0 Å². The molecule has 6 heteroatoms. The van der Waals surface area contributed by atoms with Crippen molar-refractivity contribution in [2.45, 2.75) is 6.43 Å². The number of benzene rings is 1. The maximum Gasteiger partial charge on any atom is 0.255 e. The van der Waals surface area contributed by atoms with E-state index in [9.17, 15) is 8.78 Å². The number of alkyl halides is 3. The number of fused-ring (bicyclic) bond motifs is 1. The summed E-state index contributed by atoms with van der Waals surface area (Å²) < 4.78 is 25.9. The molecule has 0 radical (unpaired) electrons. The molecule has 1 heterocycles. The number of anilines is 1. The standard InChI is InChI=1S/C11H11ClF2N2S/c12-5-6-16(7-10(13)14)11-15-8-3-1-2-4-9(8)17-11/h1-4,10H,5-7H2. The van der Waals surface area contributed by atoms with Gasteiger partial charge in [-0.15, -0.1) is 11.6 Å². The van der Waals surface area contributed by atoms with Gasteiger partial charge in [0.25, 0.3) is 6.43 Å². The van der Waals surface area contributed by atoms with Crippen molar-refractivity contribution in [3.8, 4) is 0 Å². The highest BCUT2D eigenvalue weighted by Crippen LogP contribution is 2.28. The molecule has 0 unspecified atom stereocenters. The predicted octanol–water partition coefficient (Wildman–Crippen LogP) is 3.61. The molecule has 0 atom stereocenters. The van der Waals surface area contributed by atoms with Crippen LogP contribution in [0.25, 0.3) is 10.2 Å². The molecule has 0 saturated heterocycles. The number of nitrogens with zero attached hydrogens (tertiary/aromatic N) is 2. The summed E-state index contributed by atoms with van der Waals surface area (Å²) >= 11 is 7.03. The van der Waals surface area contributed by atoms with Gasteiger partial charge >= 0.3 is 0 Å². The lowest BCUT2D eigenvalue weighted by molar-refractivity contribution is 0.155. The summed E-state index contributed by atoms with van der Waals surface area (Å²) in [4.78, 5) is 5.87. The van der Waals surface area contributed by atoms with Crippen LogP contribution in [-0.4, -0.2) is 30.4 Å². The minimum absolute atomic E-state index is 0.308. The highest BCUT2D eigenvalue weighted by atomic mass is 35.5. The van der Waals surface area contributed by atoms with Gasteiger partial charge in [0.15, 0.2) is 5.13 Å². The van der Waals surface area contributed by atoms with Crippen LogP contribution >= 0.6 is 22.9 Å². The molecule has 0 amide bonds. The molecule has 2 aromatic rings. The maximum absolute atomic E-state index is 12.4. The molecule has 0 saturated carbocycles. The summed E-state index contributed by atoms with van der Waals surface area (Å²) in [5, 5.41) is 0.604. The lowest BCUT2D eigenvalue weighted by Gasteiger charge is -2.19. The van der Waals surface area contributed by atoms with Crippen molar-refractivity contribution in [3.63, 3.8) is 0 Å². The highest BCUT2D eigenvalue weighted by molar-refractivity contribution is 7.22. The third-order valence-corrected chi connectivity index (χ3v) is 3.53. The van der Waals surface area contributed by atoms with Crippen LogP contribution in [0.4, 0.5) is 13.9 Å². The fourth-order valence-electron chi connectivity index (χ4n) is 1.53. The molecule has 0 fully saturated rings. The summed E-state index contributed by atoms with van der Waals surface area (Å²) in [6, 6.07) is 7.59. The molecule has 0 aliphatic heterocycles. The molecule has 0 N–H and O–H groups in total. The Bertz CT molecular complexity index is 456. The van der Waals surface area contributed by atoms with E-state index in [1.807, 2.05) is 24.3 Å². The SMILES string of the molecule is FC(F)CN(CCCl)c1nc2ccccc2s1. The van der Waals surface area contributed by atoms with Crippen LogP contribution in [-0.2, 0) is 0 Å². The van der Waals surface area contributed by atoms with E-state index in [1.54, 1.807) is 0 Å². The number of thiazole rings is 1. The van der Waals surface area contributed by atoms with Crippen molar-refractivity contribution in [1.29, 1.82) is 0 Å². The smallest absolute Gasteiger partial charge is 0.255 e. The van der Waals surface area contributed by atoms with Gasteiger partial charge in [0.2, 0.25) is 0 Å². The second-order valence-electron chi connectivity index (χ2n) is 3.49. The number of hydrogen-bond acceptors (Lipinski definition) is 3. The van der Waals surface area contributed by atoms with Gasteiger partial charge in [-0.05, 0) is 12.1 Å². The average Bonchev–Trinajstić information content (AvgIpc) is 2.71. The zero-order chi connectivity index (χ0) is 12.3. The quantitative estimate of drug-likeness (QED) is 0.776. The fourth-order valence-corrected chi connectivity index (χ4v) is 2.73. The van der Waals surface area contributed by atoms with Gasteiger partial charge in [-0.25, -0.2) is 13.8 Å². The van der Waals surface area contributed by atoms with Crippen LogP contribution in [0.5, 0.6) is 0 Å². The Morgan fingerprint density at radius 1 is 1.35 bits per heavy atom. The molecular formula is C11H11ClF2N2S. The number of rotatable bonds is 5. The lowest BCUT2D eigenvalue weighted by atomic mass is 10.3. The lowest BCUT2D eigenvalue weighted by Crippen LogP contribution is -2.30. The Hall–Kier alpha value is -0.940. The van der Waals surface area contributed by atoms with Gasteiger partial charge in [0, 0.05) is 12.4 Å². The summed E-state index contributed by atoms with van der Waals surface area (Å²) in [7, 11) is 0. The summed E-state index contributed by atoms with van der Waals surface area (Å²) in [6.45, 7) is 0.0538. The first kappa shape index (κ1) is 12.5. The molecule has 0 aliphatic rings. The van der Waals surface area contributed by atoms with Gasteiger partial charge < -0.3 is 4.90 Å². The van der Waals surface area contributed by atoms with E-state index in [-0.39, 0.29) is 6.54 Å². The minimum Gasteiger partial charge on any atom is -0.341 e. The first-order chi connectivity index (χ1) is 8.20. The van der Waals surface area contributed by atoms with E-state index in [2.05, 4.69) is 4.98 Å². The molecule has 0 bridgehead atoms. The molecule has 17 heavy (non-hydrogen) atoms. The van der Waals surface area contributed by atoms with Crippen molar-refractivity contribution < 1.29 is 8.78 Å². The van der Waals surface area contributed by atoms with Gasteiger partial charge in [0.1, 0.15) is 0 Å². The van der Waals surface area contributed by atoms with Gasteiger partial charge in [-0.1, -0.05) is 23.5 Å². The Morgan fingerprint density at radius 3 is 2.76 bits per heavy atom.